The van der Waals surface area contributed by atoms with Crippen LogP contribution in [0.3, 0.4) is 0 Å². The van der Waals surface area contributed by atoms with Gasteiger partial charge in [-0.2, -0.15) is 13.2 Å². The summed E-state index contributed by atoms with van der Waals surface area (Å²) in [6.07, 6.45) is -4.44. The van der Waals surface area contributed by atoms with E-state index >= 15 is 0 Å². The van der Waals surface area contributed by atoms with Crippen LogP contribution in [0.2, 0.25) is 0 Å². The van der Waals surface area contributed by atoms with E-state index in [1.54, 1.807) is 0 Å². The van der Waals surface area contributed by atoms with Gasteiger partial charge in [-0.15, -0.1) is 0 Å². The molecule has 2 N–H and O–H groups in total. The molecule has 1 heterocycles. The van der Waals surface area contributed by atoms with Crippen LogP contribution in [0, 0.1) is 6.92 Å². The Morgan fingerprint density at radius 2 is 1.76 bits per heavy atom. The van der Waals surface area contributed by atoms with Crippen LogP contribution in [0.4, 0.5) is 24.8 Å². The Balaban J connectivity index is 1.94. The Bertz CT molecular complexity index is 947. The standard InChI is InChI=1S/C18H14F3N3O/c1-11-5-7-12(8-6-11)15-10-16(25)24-17(23-15)22-14-4-2-3-13(9-14)18(19,20)21/h2-10H,1H3,(H2,22,23,24,25). The number of benzene rings is 2. The highest BCUT2D eigenvalue weighted by Crippen LogP contribution is 2.31. The molecule has 0 saturated carbocycles. The van der Waals surface area contributed by atoms with Gasteiger partial charge in [0.25, 0.3) is 5.56 Å². The van der Waals surface area contributed by atoms with Crippen LogP contribution in [0.25, 0.3) is 11.3 Å². The smallest absolute Gasteiger partial charge is 0.326 e. The molecule has 3 aromatic rings. The zero-order chi connectivity index (χ0) is 18.0. The van der Waals surface area contributed by atoms with Gasteiger partial charge in [-0.1, -0.05) is 35.9 Å². The molecule has 0 atom stereocenters. The summed E-state index contributed by atoms with van der Waals surface area (Å²) in [5, 5.41) is 2.71. The molecule has 128 valence electrons. The van der Waals surface area contributed by atoms with Crippen molar-refractivity contribution in [3.05, 3.63) is 76.1 Å². The molecule has 0 saturated heterocycles. The molecule has 0 bridgehead atoms. The van der Waals surface area contributed by atoms with E-state index in [2.05, 4.69) is 15.3 Å². The van der Waals surface area contributed by atoms with Crippen molar-refractivity contribution < 1.29 is 13.2 Å². The van der Waals surface area contributed by atoms with Crippen LogP contribution in [0.5, 0.6) is 0 Å². The first-order chi connectivity index (χ1) is 11.8. The number of aryl methyl sites for hydroxylation is 1. The number of halogens is 3. The second-order valence-corrected chi connectivity index (χ2v) is 5.55. The molecule has 0 unspecified atom stereocenters. The molecule has 0 fully saturated rings. The lowest BCUT2D eigenvalue weighted by Gasteiger charge is -2.10. The Morgan fingerprint density at radius 3 is 2.44 bits per heavy atom. The predicted molar refractivity (Wildman–Crippen MR) is 89.8 cm³/mol. The molecule has 0 aliphatic heterocycles. The van der Waals surface area contributed by atoms with E-state index in [0.29, 0.717) is 5.69 Å². The van der Waals surface area contributed by atoms with E-state index in [4.69, 9.17) is 0 Å². The van der Waals surface area contributed by atoms with Crippen molar-refractivity contribution in [3.63, 3.8) is 0 Å². The molecule has 3 rings (SSSR count). The Hall–Kier alpha value is -3.09. The average molecular weight is 345 g/mol. The number of aromatic amines is 1. The number of alkyl halides is 3. The minimum Gasteiger partial charge on any atom is -0.326 e. The van der Waals surface area contributed by atoms with E-state index in [-0.39, 0.29) is 11.6 Å². The van der Waals surface area contributed by atoms with Gasteiger partial charge >= 0.3 is 6.18 Å². The Kier molecular flexibility index (Phi) is 4.31. The van der Waals surface area contributed by atoms with Crippen LogP contribution in [0.15, 0.2) is 59.4 Å². The lowest BCUT2D eigenvalue weighted by Crippen LogP contribution is -2.11. The summed E-state index contributed by atoms with van der Waals surface area (Å²) < 4.78 is 38.4. The van der Waals surface area contributed by atoms with Gasteiger partial charge in [0.2, 0.25) is 5.95 Å². The van der Waals surface area contributed by atoms with Crippen molar-refractivity contribution in [2.75, 3.05) is 5.32 Å². The van der Waals surface area contributed by atoms with Gasteiger partial charge in [0.1, 0.15) is 0 Å². The maximum absolute atomic E-state index is 12.8. The molecular weight excluding hydrogens is 331 g/mol. The molecule has 2 aromatic carbocycles. The van der Waals surface area contributed by atoms with Gasteiger partial charge < -0.3 is 5.32 Å². The van der Waals surface area contributed by atoms with E-state index in [9.17, 15) is 18.0 Å². The van der Waals surface area contributed by atoms with Crippen molar-refractivity contribution in [3.8, 4) is 11.3 Å². The zero-order valence-corrected chi connectivity index (χ0v) is 13.2. The van der Waals surface area contributed by atoms with Gasteiger partial charge in [0, 0.05) is 17.3 Å². The van der Waals surface area contributed by atoms with Gasteiger partial charge in [-0.05, 0) is 25.1 Å². The summed E-state index contributed by atoms with van der Waals surface area (Å²) in [5.41, 5.74) is 1.23. The first kappa shape index (κ1) is 16.8. The van der Waals surface area contributed by atoms with Gasteiger partial charge in [-0.25, -0.2) is 4.98 Å². The Morgan fingerprint density at radius 1 is 1.04 bits per heavy atom. The number of H-pyrrole nitrogens is 1. The minimum atomic E-state index is -4.44. The number of hydrogen-bond acceptors (Lipinski definition) is 3. The van der Waals surface area contributed by atoms with Crippen molar-refractivity contribution in [1.29, 1.82) is 0 Å². The highest BCUT2D eigenvalue weighted by atomic mass is 19.4. The SMILES string of the molecule is Cc1ccc(-c2cc(=O)[nH]c(Nc3cccc(C(F)(F)F)c3)n2)cc1. The highest BCUT2D eigenvalue weighted by molar-refractivity contribution is 5.62. The third-order valence-corrected chi connectivity index (χ3v) is 3.54. The molecule has 0 aliphatic rings. The fourth-order valence-corrected chi connectivity index (χ4v) is 2.30. The summed E-state index contributed by atoms with van der Waals surface area (Å²) in [6, 6.07) is 13.4. The lowest BCUT2D eigenvalue weighted by molar-refractivity contribution is -0.137. The Labute approximate surface area is 141 Å². The summed E-state index contributed by atoms with van der Waals surface area (Å²) in [4.78, 5) is 18.6. The summed E-state index contributed by atoms with van der Waals surface area (Å²) in [6.45, 7) is 1.94. The quantitative estimate of drug-likeness (QED) is 0.734. The molecule has 0 radical (unpaired) electrons. The summed E-state index contributed by atoms with van der Waals surface area (Å²) in [7, 11) is 0. The van der Waals surface area contributed by atoms with Crippen molar-refractivity contribution in [1.82, 2.24) is 9.97 Å². The maximum atomic E-state index is 12.8. The van der Waals surface area contributed by atoms with E-state index < -0.39 is 17.3 Å². The minimum absolute atomic E-state index is 0.0717. The molecule has 0 aliphatic carbocycles. The molecule has 0 spiro atoms. The van der Waals surface area contributed by atoms with E-state index in [1.165, 1.54) is 18.2 Å². The molecule has 4 nitrogen and oxygen atoms in total. The molecule has 1 aromatic heterocycles. The van der Waals surface area contributed by atoms with Gasteiger partial charge in [0.05, 0.1) is 11.3 Å². The van der Waals surface area contributed by atoms with E-state index in [1.807, 2.05) is 31.2 Å². The monoisotopic (exact) mass is 345 g/mol. The molecule has 25 heavy (non-hydrogen) atoms. The molecular formula is C18H14F3N3O. The van der Waals surface area contributed by atoms with E-state index in [0.717, 1.165) is 23.3 Å². The number of rotatable bonds is 3. The largest absolute Gasteiger partial charge is 0.416 e. The lowest BCUT2D eigenvalue weighted by atomic mass is 10.1. The number of nitrogens with zero attached hydrogens (tertiary/aromatic N) is 1. The van der Waals surface area contributed by atoms with Crippen molar-refractivity contribution >= 4 is 11.6 Å². The number of hydrogen-bond donors (Lipinski definition) is 2. The second-order valence-electron chi connectivity index (χ2n) is 5.55. The second kappa shape index (κ2) is 6.43. The zero-order valence-electron chi connectivity index (χ0n) is 13.2. The summed E-state index contributed by atoms with van der Waals surface area (Å²) >= 11 is 0. The highest BCUT2D eigenvalue weighted by Gasteiger charge is 2.30. The number of nitrogens with one attached hydrogen (secondary N) is 2. The third kappa shape index (κ3) is 4.06. The molecule has 0 amide bonds. The third-order valence-electron chi connectivity index (χ3n) is 3.54. The van der Waals surface area contributed by atoms with Crippen LogP contribution in [-0.2, 0) is 6.18 Å². The average Bonchev–Trinajstić information content (AvgIpc) is 2.54. The number of aromatic nitrogens is 2. The van der Waals surface area contributed by atoms with Crippen molar-refractivity contribution in [2.45, 2.75) is 13.1 Å². The fraction of sp³-hybridized carbons (Fsp3) is 0.111. The topological polar surface area (TPSA) is 57.8 Å². The summed E-state index contributed by atoms with van der Waals surface area (Å²) in [5.74, 6) is 0.0717. The predicted octanol–water partition coefficient (Wildman–Crippen LogP) is 4.51. The first-order valence-corrected chi connectivity index (χ1v) is 7.44. The van der Waals surface area contributed by atoms with Crippen LogP contribution in [0.1, 0.15) is 11.1 Å². The van der Waals surface area contributed by atoms with Crippen LogP contribution in [-0.4, -0.2) is 9.97 Å². The van der Waals surface area contributed by atoms with Crippen molar-refractivity contribution in [2.24, 2.45) is 0 Å². The van der Waals surface area contributed by atoms with Gasteiger partial charge in [0.15, 0.2) is 0 Å². The first-order valence-electron chi connectivity index (χ1n) is 7.44. The van der Waals surface area contributed by atoms with Gasteiger partial charge in [-0.3, -0.25) is 9.78 Å². The maximum Gasteiger partial charge on any atom is 0.416 e. The normalized spacial score (nSPS) is 11.4. The number of anilines is 2. The fourth-order valence-electron chi connectivity index (χ4n) is 2.30. The van der Waals surface area contributed by atoms with Crippen LogP contribution < -0.4 is 10.9 Å². The molecule has 7 heteroatoms. The van der Waals surface area contributed by atoms with Crippen LogP contribution >= 0.6 is 0 Å².